The van der Waals surface area contributed by atoms with E-state index < -0.39 is 11.7 Å². The minimum absolute atomic E-state index is 0.239. The number of nitrogens with one attached hydrogen (secondary N) is 3. The van der Waals surface area contributed by atoms with E-state index in [1.807, 2.05) is 42.6 Å². The monoisotopic (exact) mass is 594 g/mol. The number of hydrogen-bond donors (Lipinski definition) is 3. The average molecular weight is 595 g/mol. The minimum atomic E-state index is -1.04. The van der Waals surface area contributed by atoms with Crippen LogP contribution in [0.15, 0.2) is 73.3 Å². The van der Waals surface area contributed by atoms with E-state index in [0.29, 0.717) is 24.1 Å². The summed E-state index contributed by atoms with van der Waals surface area (Å²) in [5.74, 6) is -0.518. The highest BCUT2D eigenvalue weighted by Crippen LogP contribution is 2.32. The third-order valence-corrected chi connectivity index (χ3v) is 8.05. The summed E-state index contributed by atoms with van der Waals surface area (Å²) in [6.45, 7) is 7.77. The molecule has 3 heterocycles. The van der Waals surface area contributed by atoms with Gasteiger partial charge in [-0.15, -0.1) is 0 Å². The number of benzene rings is 2. The van der Waals surface area contributed by atoms with E-state index in [0.717, 1.165) is 58.1 Å². The normalized spacial score (nSPS) is 16.5. The minimum Gasteiger partial charge on any atom is -0.381 e. The molecule has 3 aromatic heterocycles. The maximum Gasteiger partial charge on any atom is 0.283 e. The van der Waals surface area contributed by atoms with Crippen molar-refractivity contribution in [3.63, 3.8) is 0 Å². The smallest absolute Gasteiger partial charge is 0.283 e. The molecule has 226 valence electrons. The van der Waals surface area contributed by atoms with Crippen molar-refractivity contribution in [3.05, 3.63) is 84.5 Å². The molecule has 1 amide bonds. The number of aromatic nitrogens is 5. The largest absolute Gasteiger partial charge is 0.381 e. The SMILES string of the molecule is C=C(F)C(=O)Nc1ccc2c(-c3ccccc3CNc3nc(NC4CCC(OC)C4)nc4c(C(C)C)cnn34)nccc2c1. The van der Waals surface area contributed by atoms with Crippen LogP contribution in [0.4, 0.5) is 22.0 Å². The maximum absolute atomic E-state index is 13.2. The molecule has 5 aromatic rings. The van der Waals surface area contributed by atoms with Gasteiger partial charge in [-0.3, -0.25) is 9.78 Å². The van der Waals surface area contributed by atoms with Crippen LogP contribution in [-0.2, 0) is 16.1 Å². The quantitative estimate of drug-likeness (QED) is 0.157. The lowest BCUT2D eigenvalue weighted by atomic mass is 9.99. The van der Waals surface area contributed by atoms with Crippen LogP contribution in [0.2, 0.25) is 0 Å². The molecule has 1 aliphatic carbocycles. The molecule has 0 saturated heterocycles. The van der Waals surface area contributed by atoms with Crippen molar-refractivity contribution < 1.29 is 13.9 Å². The van der Waals surface area contributed by atoms with Gasteiger partial charge in [0.25, 0.3) is 5.91 Å². The first-order valence-electron chi connectivity index (χ1n) is 14.7. The molecule has 3 N–H and O–H groups in total. The zero-order valence-electron chi connectivity index (χ0n) is 25.0. The lowest BCUT2D eigenvalue weighted by molar-refractivity contribution is -0.114. The number of carbonyl (C=O) groups excluding carboxylic acids is 1. The fourth-order valence-corrected chi connectivity index (χ4v) is 5.70. The highest BCUT2D eigenvalue weighted by Gasteiger charge is 2.26. The lowest BCUT2D eigenvalue weighted by Gasteiger charge is -2.16. The van der Waals surface area contributed by atoms with Crippen molar-refractivity contribution >= 4 is 39.9 Å². The predicted octanol–water partition coefficient (Wildman–Crippen LogP) is 6.48. The van der Waals surface area contributed by atoms with Crippen molar-refractivity contribution in [1.29, 1.82) is 0 Å². The van der Waals surface area contributed by atoms with Gasteiger partial charge in [0.1, 0.15) is 0 Å². The standard InChI is InChI=1S/C33H35FN8O2/c1-19(2)28-18-37-42-30(28)40-32(39-24-9-11-25(16-24)44-4)41-33(42)36-17-22-7-5-6-8-26(22)29-27-12-10-23(38-31(43)20(3)34)15-21(27)13-14-35-29/h5-8,10,12-15,18-19,24-25H,3,9,11,16-17H2,1-2,4H3,(H,38,43)(H2,36,39,40,41). The first-order chi connectivity index (χ1) is 21.3. The van der Waals surface area contributed by atoms with Crippen molar-refractivity contribution in [1.82, 2.24) is 24.6 Å². The van der Waals surface area contributed by atoms with Crippen LogP contribution in [0.25, 0.3) is 27.7 Å². The van der Waals surface area contributed by atoms with E-state index in [-0.39, 0.29) is 18.1 Å². The molecule has 10 nitrogen and oxygen atoms in total. The highest BCUT2D eigenvalue weighted by molar-refractivity contribution is 6.04. The number of carbonyl (C=O) groups is 1. The van der Waals surface area contributed by atoms with Crippen molar-refractivity contribution in [2.45, 2.75) is 57.7 Å². The van der Waals surface area contributed by atoms with Crippen LogP contribution in [0.3, 0.4) is 0 Å². The average Bonchev–Trinajstić information content (AvgIpc) is 3.67. The van der Waals surface area contributed by atoms with Crippen molar-refractivity contribution in [2.24, 2.45) is 0 Å². The predicted molar refractivity (Wildman–Crippen MR) is 170 cm³/mol. The Morgan fingerprint density at radius 2 is 2.00 bits per heavy atom. The number of anilines is 3. The third kappa shape index (κ3) is 5.96. The molecule has 11 heteroatoms. The maximum atomic E-state index is 13.2. The van der Waals surface area contributed by atoms with E-state index in [4.69, 9.17) is 19.7 Å². The molecule has 0 spiro atoms. The molecule has 2 unspecified atom stereocenters. The number of halogens is 1. The van der Waals surface area contributed by atoms with Gasteiger partial charge in [-0.2, -0.15) is 19.6 Å². The van der Waals surface area contributed by atoms with E-state index in [2.05, 4.69) is 41.5 Å². The Hall–Kier alpha value is -4.90. The molecule has 2 aromatic carbocycles. The van der Waals surface area contributed by atoms with Crippen molar-refractivity contribution in [3.8, 4) is 11.3 Å². The van der Waals surface area contributed by atoms with Gasteiger partial charge < -0.3 is 20.7 Å². The number of methoxy groups -OCH3 is 1. The number of nitrogens with zero attached hydrogens (tertiary/aromatic N) is 5. The number of ether oxygens (including phenoxy) is 1. The Bertz CT molecular complexity index is 1850. The number of pyridine rings is 1. The van der Waals surface area contributed by atoms with Gasteiger partial charge in [0.15, 0.2) is 11.5 Å². The van der Waals surface area contributed by atoms with Gasteiger partial charge in [-0.25, -0.2) is 4.39 Å². The Morgan fingerprint density at radius 1 is 1.16 bits per heavy atom. The lowest BCUT2D eigenvalue weighted by Crippen LogP contribution is -2.20. The molecule has 1 fully saturated rings. The van der Waals surface area contributed by atoms with E-state index in [1.54, 1.807) is 30.0 Å². The Balaban J connectivity index is 1.31. The summed E-state index contributed by atoms with van der Waals surface area (Å²) in [6, 6.07) is 15.5. The van der Waals surface area contributed by atoms with E-state index in [1.165, 1.54) is 0 Å². The zero-order chi connectivity index (χ0) is 30.8. The Kier molecular flexibility index (Phi) is 8.21. The summed E-state index contributed by atoms with van der Waals surface area (Å²) in [7, 11) is 1.76. The zero-order valence-corrected chi connectivity index (χ0v) is 25.0. The molecule has 0 radical (unpaired) electrons. The van der Waals surface area contributed by atoms with Crippen molar-refractivity contribution in [2.75, 3.05) is 23.1 Å². The van der Waals surface area contributed by atoms with Crippen LogP contribution < -0.4 is 16.0 Å². The van der Waals surface area contributed by atoms with Gasteiger partial charge in [-0.05, 0) is 54.3 Å². The Labute approximate surface area is 254 Å². The molecule has 1 saturated carbocycles. The van der Waals surface area contributed by atoms with Crippen LogP contribution in [0, 0.1) is 0 Å². The van der Waals surface area contributed by atoms with Crippen LogP contribution >= 0.6 is 0 Å². The molecular weight excluding hydrogens is 559 g/mol. The second-order valence-corrected chi connectivity index (χ2v) is 11.3. The topological polar surface area (TPSA) is 118 Å². The van der Waals surface area contributed by atoms with E-state index in [9.17, 15) is 9.18 Å². The molecule has 0 bridgehead atoms. The van der Waals surface area contributed by atoms with Gasteiger partial charge in [-0.1, -0.05) is 50.8 Å². The second-order valence-electron chi connectivity index (χ2n) is 11.3. The fourth-order valence-electron chi connectivity index (χ4n) is 5.70. The van der Waals surface area contributed by atoms with Gasteiger partial charge in [0.2, 0.25) is 11.9 Å². The second kappa shape index (κ2) is 12.4. The van der Waals surface area contributed by atoms with Gasteiger partial charge in [0.05, 0.1) is 18.0 Å². The first-order valence-corrected chi connectivity index (χ1v) is 14.7. The fraction of sp³-hybridized carbons (Fsp3) is 0.303. The molecular formula is C33H35FN8O2. The summed E-state index contributed by atoms with van der Waals surface area (Å²) in [5, 5.41) is 15.9. The molecule has 0 aliphatic heterocycles. The first kappa shape index (κ1) is 29.2. The third-order valence-electron chi connectivity index (χ3n) is 8.05. The van der Waals surface area contributed by atoms with Crippen LogP contribution in [0.1, 0.15) is 50.2 Å². The van der Waals surface area contributed by atoms with Crippen LogP contribution in [0.5, 0.6) is 0 Å². The molecule has 2 atom stereocenters. The summed E-state index contributed by atoms with van der Waals surface area (Å²) in [6.07, 6.45) is 6.74. The highest BCUT2D eigenvalue weighted by atomic mass is 19.1. The summed E-state index contributed by atoms with van der Waals surface area (Å²) in [4.78, 5) is 26.2. The van der Waals surface area contributed by atoms with Gasteiger partial charge >= 0.3 is 0 Å². The van der Waals surface area contributed by atoms with Gasteiger partial charge in [0, 0.05) is 48.1 Å². The number of rotatable bonds is 10. The number of hydrogen-bond acceptors (Lipinski definition) is 8. The Morgan fingerprint density at radius 3 is 2.77 bits per heavy atom. The number of fused-ring (bicyclic) bond motifs is 2. The summed E-state index contributed by atoms with van der Waals surface area (Å²) in [5.41, 5.74) is 5.03. The molecule has 44 heavy (non-hydrogen) atoms. The summed E-state index contributed by atoms with van der Waals surface area (Å²) < 4.78 is 20.6. The number of amides is 1. The van der Waals surface area contributed by atoms with E-state index >= 15 is 0 Å². The molecule has 6 rings (SSSR count). The van der Waals surface area contributed by atoms with Crippen LogP contribution in [-0.4, -0.2) is 49.7 Å². The summed E-state index contributed by atoms with van der Waals surface area (Å²) >= 11 is 0. The molecule has 1 aliphatic rings.